The molecule has 2 aromatic rings. The van der Waals surface area contributed by atoms with Gasteiger partial charge in [0.2, 0.25) is 0 Å². The zero-order valence-electron chi connectivity index (χ0n) is 18.2. The molecule has 0 spiro atoms. The predicted octanol–water partition coefficient (Wildman–Crippen LogP) is 1.64. The fraction of sp³-hybridized carbons (Fsp3) is 0.318. The fourth-order valence-electron chi connectivity index (χ4n) is 2.45. The second kappa shape index (κ2) is 16.6. The van der Waals surface area contributed by atoms with Gasteiger partial charge in [-0.05, 0) is 30.2 Å². The number of carbonyl (C=O) groups excluding carboxylic acids is 1. The molecule has 2 N–H and O–H groups in total. The van der Waals surface area contributed by atoms with Crippen molar-refractivity contribution in [1.29, 1.82) is 0 Å². The van der Waals surface area contributed by atoms with Gasteiger partial charge in [-0.3, -0.25) is 0 Å². The third-order valence-corrected chi connectivity index (χ3v) is 3.62. The summed E-state index contributed by atoms with van der Waals surface area (Å²) >= 11 is 0. The van der Waals surface area contributed by atoms with Crippen molar-refractivity contribution in [3.63, 3.8) is 0 Å². The summed E-state index contributed by atoms with van der Waals surface area (Å²) in [4.78, 5) is 22.3. The van der Waals surface area contributed by atoms with Gasteiger partial charge in [0.05, 0.1) is 19.3 Å². The Morgan fingerprint density at radius 3 is 2.21 bits per heavy atom. The first-order valence-corrected chi connectivity index (χ1v) is 8.84. The Balaban J connectivity index is 0. The Morgan fingerprint density at radius 1 is 1.07 bits per heavy atom. The summed E-state index contributed by atoms with van der Waals surface area (Å²) in [5, 5.41) is 11.8. The van der Waals surface area contributed by atoms with E-state index in [1.807, 2.05) is 51.1 Å². The van der Waals surface area contributed by atoms with Crippen LogP contribution in [-0.2, 0) is 9.47 Å². The number of amides is 1. The monoisotopic (exact) mass is 427 g/mol. The maximum absolute atomic E-state index is 11.2. The molecular formula is C22H30KNO5. The van der Waals surface area contributed by atoms with Gasteiger partial charge in [0.25, 0.3) is 0 Å². The number of carbonyl (C=O) groups is 2. The normalized spacial score (nSPS) is 10.2. The Kier molecular flexibility index (Phi) is 17.1. The Hall–Kier alpha value is -1.22. The minimum absolute atomic E-state index is 0. The molecule has 7 heteroatoms. The largest absolute Gasteiger partial charge is 1.00 e. The van der Waals surface area contributed by atoms with Gasteiger partial charge in [0.1, 0.15) is 6.10 Å². The molecular weight excluding hydrogens is 397 g/mol. The first-order valence-electron chi connectivity index (χ1n) is 8.84. The van der Waals surface area contributed by atoms with Gasteiger partial charge in [-0.15, -0.1) is 0 Å². The summed E-state index contributed by atoms with van der Waals surface area (Å²) in [6.07, 6.45) is -0.956. The summed E-state index contributed by atoms with van der Waals surface area (Å²) in [5.41, 5.74) is 2.93. The summed E-state index contributed by atoms with van der Waals surface area (Å²) in [6, 6.07) is 14.5. The van der Waals surface area contributed by atoms with E-state index in [4.69, 9.17) is 4.74 Å². The Labute approximate surface area is 216 Å². The van der Waals surface area contributed by atoms with Crippen LogP contribution in [0.2, 0.25) is 0 Å². The number of benzene rings is 2. The summed E-state index contributed by atoms with van der Waals surface area (Å²) < 4.78 is 10.4. The van der Waals surface area contributed by atoms with Gasteiger partial charge < -0.3 is 27.3 Å². The number of aromatic carboxylic acids is 1. The van der Waals surface area contributed by atoms with Gasteiger partial charge in [0.15, 0.2) is 0 Å². The maximum atomic E-state index is 11.2. The molecule has 154 valence electrons. The van der Waals surface area contributed by atoms with Crippen LogP contribution in [-0.4, -0.2) is 37.4 Å². The number of rotatable bonds is 7. The number of ether oxygens (including phenoxy) is 2. The van der Waals surface area contributed by atoms with Crippen LogP contribution in [0.3, 0.4) is 0 Å². The molecule has 1 amide bonds. The average molecular weight is 428 g/mol. The molecule has 2 aromatic carbocycles. The van der Waals surface area contributed by atoms with Crippen molar-refractivity contribution in [3.8, 4) is 0 Å². The van der Waals surface area contributed by atoms with Crippen LogP contribution in [0.4, 0.5) is 4.79 Å². The van der Waals surface area contributed by atoms with Gasteiger partial charge in [0, 0.05) is 6.54 Å². The fourth-order valence-corrected chi connectivity index (χ4v) is 2.45. The van der Waals surface area contributed by atoms with E-state index in [0.717, 1.165) is 16.7 Å². The van der Waals surface area contributed by atoms with E-state index >= 15 is 0 Å². The molecule has 0 saturated heterocycles. The summed E-state index contributed by atoms with van der Waals surface area (Å²) in [7, 11) is 1.29. The molecule has 0 aliphatic carbocycles. The molecule has 1 atom stereocenters. The van der Waals surface area contributed by atoms with E-state index in [9.17, 15) is 14.7 Å². The number of methoxy groups -OCH3 is 1. The van der Waals surface area contributed by atoms with E-state index in [1.54, 1.807) is 12.1 Å². The number of hydrogen-bond donors (Lipinski definition) is 2. The van der Waals surface area contributed by atoms with Crippen molar-refractivity contribution in [3.05, 3.63) is 78.2 Å². The first kappa shape index (κ1) is 30.0. The van der Waals surface area contributed by atoms with Crippen LogP contribution in [0, 0.1) is 14.4 Å². The molecule has 0 aliphatic heterocycles. The van der Waals surface area contributed by atoms with E-state index in [2.05, 4.69) is 10.1 Å². The smallest absolute Gasteiger partial charge is 0.478 e. The van der Waals surface area contributed by atoms with Crippen molar-refractivity contribution < 1.29 is 75.6 Å². The van der Waals surface area contributed by atoms with Crippen LogP contribution in [0.15, 0.2) is 48.5 Å². The molecule has 0 aliphatic rings. The number of nitrogens with one attached hydrogen (secondary N) is 1. The van der Waals surface area contributed by atoms with Gasteiger partial charge in [-0.1, -0.05) is 55.8 Å². The second-order valence-corrected chi connectivity index (χ2v) is 5.51. The van der Waals surface area contributed by atoms with Crippen LogP contribution in [0.5, 0.6) is 0 Å². The molecule has 0 heterocycles. The molecule has 0 fully saturated rings. The molecule has 0 aromatic heterocycles. The van der Waals surface area contributed by atoms with E-state index in [0.29, 0.717) is 0 Å². The van der Waals surface area contributed by atoms with Crippen LogP contribution >= 0.6 is 0 Å². The van der Waals surface area contributed by atoms with Crippen LogP contribution < -0.4 is 56.7 Å². The zero-order chi connectivity index (χ0) is 20.2. The minimum Gasteiger partial charge on any atom is -0.478 e. The molecule has 6 nitrogen and oxygen atoms in total. The quantitative estimate of drug-likeness (QED) is 0.399. The van der Waals surface area contributed by atoms with Crippen molar-refractivity contribution >= 4 is 12.1 Å². The standard InChI is InChI=1S/C19H21NO5.C2H6.CH3.K/c1-13-5-3-6-14(11-13)17(25-10-9-20-19(23)24-2)15-7-4-8-16(12-15)18(21)22;1-2;;/h3-8,11-12,17H,9-10H2,1-2H3,(H,20,23)(H,21,22);1-2H3;1H3;/q;;-1;+1. The van der Waals surface area contributed by atoms with E-state index < -0.39 is 18.2 Å². The van der Waals surface area contributed by atoms with Gasteiger partial charge >= 0.3 is 63.4 Å². The van der Waals surface area contributed by atoms with Gasteiger partial charge in [-0.2, -0.15) is 0 Å². The zero-order valence-corrected chi connectivity index (χ0v) is 21.3. The summed E-state index contributed by atoms with van der Waals surface area (Å²) in [5.74, 6) is -0.989. The molecule has 1 unspecified atom stereocenters. The first-order chi connectivity index (χ1) is 13.0. The minimum atomic E-state index is -0.989. The number of alkyl carbamates (subject to hydrolysis) is 1. The number of carboxylic acid groups (broad SMARTS) is 1. The predicted molar refractivity (Wildman–Crippen MR) is 111 cm³/mol. The van der Waals surface area contributed by atoms with Gasteiger partial charge in [-0.25, -0.2) is 9.59 Å². The van der Waals surface area contributed by atoms with Crippen molar-refractivity contribution in [2.75, 3.05) is 20.3 Å². The third-order valence-electron chi connectivity index (χ3n) is 3.62. The third kappa shape index (κ3) is 10.4. The summed E-state index contributed by atoms with van der Waals surface area (Å²) in [6.45, 7) is 6.52. The SMILES string of the molecule is CC.COC(=O)NCCOC(c1cccc(C)c1)c1cccc(C(=O)O)c1.[CH3-].[K+]. The average Bonchev–Trinajstić information content (AvgIpc) is 2.69. The van der Waals surface area contributed by atoms with E-state index in [1.165, 1.54) is 13.2 Å². The van der Waals surface area contributed by atoms with Crippen molar-refractivity contribution in [2.45, 2.75) is 26.9 Å². The number of aryl methyl sites for hydroxylation is 1. The molecule has 0 saturated carbocycles. The molecule has 0 radical (unpaired) electrons. The molecule has 2 rings (SSSR count). The second-order valence-electron chi connectivity index (χ2n) is 5.51. The van der Waals surface area contributed by atoms with Crippen LogP contribution in [0.25, 0.3) is 0 Å². The van der Waals surface area contributed by atoms with Crippen LogP contribution in [0.1, 0.15) is 47.0 Å². The molecule has 29 heavy (non-hydrogen) atoms. The Morgan fingerprint density at radius 2 is 1.66 bits per heavy atom. The Bertz CT molecular complexity index is 751. The topological polar surface area (TPSA) is 84.9 Å². The number of carboxylic acids is 1. The maximum Gasteiger partial charge on any atom is 1.00 e. The van der Waals surface area contributed by atoms with E-state index in [-0.39, 0.29) is 77.5 Å². The number of hydrogen-bond acceptors (Lipinski definition) is 4. The van der Waals surface area contributed by atoms with Crippen molar-refractivity contribution in [2.24, 2.45) is 0 Å². The molecule has 0 bridgehead atoms. The van der Waals surface area contributed by atoms with Crippen molar-refractivity contribution in [1.82, 2.24) is 5.32 Å².